The molecule has 0 aliphatic heterocycles. The van der Waals surface area contributed by atoms with Crippen LogP contribution in [0.2, 0.25) is 5.32 Å². The average Bonchev–Trinajstić information content (AvgIpc) is 2.26. The summed E-state index contributed by atoms with van der Waals surface area (Å²) >= 11 is 0.264. The van der Waals surface area contributed by atoms with Gasteiger partial charge in [0.2, 0.25) is 0 Å². The number of hydrogen-bond acceptors (Lipinski definition) is 1. The summed E-state index contributed by atoms with van der Waals surface area (Å²) in [6.45, 7) is 2.27. The molecule has 0 N–H and O–H groups in total. The van der Waals surface area contributed by atoms with Gasteiger partial charge in [-0.1, -0.05) is 0 Å². The van der Waals surface area contributed by atoms with Crippen LogP contribution >= 0.6 is 0 Å². The molecule has 0 spiro atoms. The molecule has 1 nitrogen and oxygen atoms in total. The molecule has 2 heteroatoms. The van der Waals surface area contributed by atoms with Crippen molar-refractivity contribution in [3.05, 3.63) is 0 Å². The van der Waals surface area contributed by atoms with E-state index < -0.39 is 0 Å². The van der Waals surface area contributed by atoms with E-state index >= 15 is 0 Å². The first-order chi connectivity index (χ1) is 7.41. The Morgan fingerprint density at radius 1 is 0.800 bits per heavy atom. The Labute approximate surface area is 102 Å². The van der Waals surface area contributed by atoms with Crippen LogP contribution in [0.4, 0.5) is 0 Å². The van der Waals surface area contributed by atoms with Crippen molar-refractivity contribution in [1.29, 1.82) is 5.26 Å². The third-order valence-electron chi connectivity index (χ3n) is 2.66. The third kappa shape index (κ3) is 14.0. The standard InChI is InChI=1S/C13H25NSe/c1-2-3-4-5-6-7-8-9-10-11-12-15-13-14/h2-12H2,1H3. The Kier molecular flexibility index (Phi) is 14.0. The molecule has 0 heterocycles. The summed E-state index contributed by atoms with van der Waals surface area (Å²) < 4.78 is 0. The zero-order chi connectivity index (χ0) is 11.2. The van der Waals surface area contributed by atoms with Crippen LogP contribution in [-0.2, 0) is 0 Å². The van der Waals surface area contributed by atoms with Gasteiger partial charge in [-0.3, -0.25) is 0 Å². The molecule has 0 rings (SSSR count). The van der Waals surface area contributed by atoms with Gasteiger partial charge in [0.05, 0.1) is 0 Å². The SMILES string of the molecule is CCCCCCCCCCCC[Se]C#N. The van der Waals surface area contributed by atoms with Crippen molar-refractivity contribution in [2.45, 2.75) is 76.5 Å². The van der Waals surface area contributed by atoms with Gasteiger partial charge in [-0.2, -0.15) is 0 Å². The molecule has 0 radical (unpaired) electrons. The number of nitrogens with zero attached hydrogens (tertiary/aromatic N) is 1. The Balaban J connectivity index is 2.84. The fraction of sp³-hybridized carbons (Fsp3) is 0.923. The Morgan fingerprint density at radius 2 is 1.27 bits per heavy atom. The van der Waals surface area contributed by atoms with Gasteiger partial charge in [-0.05, 0) is 0 Å². The predicted octanol–water partition coefficient (Wildman–Crippen LogP) is 4.51. The van der Waals surface area contributed by atoms with E-state index in [0.717, 1.165) is 0 Å². The van der Waals surface area contributed by atoms with E-state index in [4.69, 9.17) is 5.26 Å². The molecule has 0 atom stereocenters. The van der Waals surface area contributed by atoms with Gasteiger partial charge in [-0.15, -0.1) is 0 Å². The molecular weight excluding hydrogens is 249 g/mol. The monoisotopic (exact) mass is 275 g/mol. The van der Waals surface area contributed by atoms with Crippen molar-refractivity contribution in [2.75, 3.05) is 0 Å². The summed E-state index contributed by atoms with van der Waals surface area (Å²) in [5, 5.41) is 9.55. The van der Waals surface area contributed by atoms with Crippen molar-refractivity contribution < 1.29 is 0 Å². The molecule has 0 amide bonds. The van der Waals surface area contributed by atoms with Gasteiger partial charge in [0.1, 0.15) is 0 Å². The van der Waals surface area contributed by atoms with Crippen molar-refractivity contribution in [2.24, 2.45) is 0 Å². The quantitative estimate of drug-likeness (QED) is 0.401. The third-order valence-corrected chi connectivity index (χ3v) is 3.97. The van der Waals surface area contributed by atoms with E-state index in [9.17, 15) is 0 Å². The van der Waals surface area contributed by atoms with Crippen molar-refractivity contribution in [3.8, 4) is 4.97 Å². The number of hydrogen-bond donors (Lipinski definition) is 0. The van der Waals surface area contributed by atoms with E-state index in [-0.39, 0.29) is 15.0 Å². The van der Waals surface area contributed by atoms with Crippen molar-refractivity contribution >= 4 is 15.0 Å². The molecule has 0 aromatic rings. The van der Waals surface area contributed by atoms with Crippen LogP contribution in [0.5, 0.6) is 0 Å². The van der Waals surface area contributed by atoms with Gasteiger partial charge in [0.15, 0.2) is 0 Å². The fourth-order valence-corrected chi connectivity index (χ4v) is 2.63. The first-order valence-electron chi connectivity index (χ1n) is 6.42. The maximum atomic E-state index is 8.39. The van der Waals surface area contributed by atoms with Crippen LogP contribution < -0.4 is 0 Å². The summed E-state index contributed by atoms with van der Waals surface area (Å²) in [6, 6.07) is 0. The van der Waals surface area contributed by atoms with Gasteiger partial charge in [-0.25, -0.2) is 0 Å². The van der Waals surface area contributed by atoms with Gasteiger partial charge >= 0.3 is 102 Å². The minimum absolute atomic E-state index is 0.264. The van der Waals surface area contributed by atoms with Crippen LogP contribution in [-0.4, -0.2) is 15.0 Å². The second kappa shape index (κ2) is 14.0. The first-order valence-corrected chi connectivity index (χ1v) is 8.49. The molecule has 0 aromatic heterocycles. The second-order valence-corrected chi connectivity index (χ2v) is 5.97. The molecule has 0 bridgehead atoms. The molecule has 0 saturated heterocycles. The van der Waals surface area contributed by atoms with Crippen molar-refractivity contribution in [3.63, 3.8) is 0 Å². The molecular formula is C13H25NSe. The van der Waals surface area contributed by atoms with Gasteiger partial charge < -0.3 is 0 Å². The summed E-state index contributed by atoms with van der Waals surface area (Å²) in [7, 11) is 0. The number of rotatable bonds is 11. The fourth-order valence-electron chi connectivity index (χ4n) is 1.71. The zero-order valence-electron chi connectivity index (χ0n) is 10.1. The zero-order valence-corrected chi connectivity index (χ0v) is 11.8. The van der Waals surface area contributed by atoms with E-state index in [1.807, 2.05) is 0 Å². The molecule has 0 fully saturated rings. The number of nitriles is 1. The van der Waals surface area contributed by atoms with E-state index in [2.05, 4.69) is 11.9 Å². The molecule has 15 heavy (non-hydrogen) atoms. The van der Waals surface area contributed by atoms with Crippen LogP contribution in [0.25, 0.3) is 0 Å². The maximum absolute atomic E-state index is 8.39. The topological polar surface area (TPSA) is 23.8 Å². The predicted molar refractivity (Wildman–Crippen MR) is 68.0 cm³/mol. The van der Waals surface area contributed by atoms with Crippen LogP contribution in [0.15, 0.2) is 0 Å². The minimum atomic E-state index is 0.264. The Bertz CT molecular complexity index is 151. The Hall–Kier alpha value is 0.00948. The van der Waals surface area contributed by atoms with Crippen molar-refractivity contribution in [1.82, 2.24) is 0 Å². The first kappa shape index (κ1) is 15.0. The molecule has 0 aliphatic carbocycles. The molecule has 0 unspecified atom stereocenters. The van der Waals surface area contributed by atoms with E-state index in [1.54, 1.807) is 0 Å². The summed E-state index contributed by atoms with van der Waals surface area (Å²) in [5.41, 5.74) is 0. The molecule has 88 valence electrons. The average molecular weight is 274 g/mol. The second-order valence-electron chi connectivity index (χ2n) is 4.12. The molecule has 0 aliphatic rings. The van der Waals surface area contributed by atoms with E-state index in [0.29, 0.717) is 0 Å². The van der Waals surface area contributed by atoms with Gasteiger partial charge in [0.25, 0.3) is 0 Å². The summed E-state index contributed by atoms with van der Waals surface area (Å²) in [5.74, 6) is 0. The normalized spacial score (nSPS) is 10.1. The Morgan fingerprint density at radius 3 is 1.73 bits per heavy atom. The number of unbranched alkanes of at least 4 members (excludes halogenated alkanes) is 9. The summed E-state index contributed by atoms with van der Waals surface area (Å²) in [4.78, 5) is 2.26. The molecule has 0 aromatic carbocycles. The summed E-state index contributed by atoms with van der Waals surface area (Å²) in [6.07, 6.45) is 13.9. The van der Waals surface area contributed by atoms with Gasteiger partial charge in [0, 0.05) is 0 Å². The molecule has 0 saturated carbocycles. The van der Waals surface area contributed by atoms with Crippen LogP contribution in [0.1, 0.15) is 71.1 Å². The van der Waals surface area contributed by atoms with Crippen LogP contribution in [0, 0.1) is 10.2 Å². The van der Waals surface area contributed by atoms with E-state index in [1.165, 1.54) is 69.5 Å². The van der Waals surface area contributed by atoms with Crippen LogP contribution in [0.3, 0.4) is 0 Å².